The van der Waals surface area contributed by atoms with E-state index in [2.05, 4.69) is 36.5 Å². The molecule has 0 fully saturated rings. The van der Waals surface area contributed by atoms with E-state index in [0.717, 1.165) is 37.4 Å². The zero-order valence-electron chi connectivity index (χ0n) is 32.6. The third kappa shape index (κ3) is 16.1. The molecule has 62 heavy (non-hydrogen) atoms. The van der Waals surface area contributed by atoms with Crippen LogP contribution in [0.1, 0.15) is 0 Å². The van der Waals surface area contributed by atoms with Gasteiger partial charge >= 0.3 is 118 Å². The molecule has 0 bridgehead atoms. The molecule has 4 rings (SSSR count). The second kappa shape index (κ2) is 23.6. The fourth-order valence-corrected chi connectivity index (χ4v) is 8.58. The van der Waals surface area contributed by atoms with Crippen LogP contribution in [0.3, 0.4) is 0 Å². The minimum absolute atomic E-state index is 0. The van der Waals surface area contributed by atoms with Crippen LogP contribution in [0.5, 0.6) is 11.5 Å². The first kappa shape index (κ1) is 61.0. The number of sulfone groups is 2. The van der Waals surface area contributed by atoms with Crippen molar-refractivity contribution in [3.8, 4) is 11.5 Å². The van der Waals surface area contributed by atoms with Gasteiger partial charge in [0.15, 0.2) is 25.4 Å². The molecular weight excluding hydrogens is 995 g/mol. The van der Waals surface area contributed by atoms with Gasteiger partial charge in [-0.05, 0) is 54.6 Å². The molecular formula is C28H23N5Na4O19S6. The average molecular weight is 1020 g/mol. The van der Waals surface area contributed by atoms with Gasteiger partial charge in [0, 0.05) is 16.2 Å². The first-order valence-corrected chi connectivity index (χ1v) is 23.8. The van der Waals surface area contributed by atoms with Gasteiger partial charge in [0.05, 0.1) is 44.7 Å². The summed E-state index contributed by atoms with van der Waals surface area (Å²) in [5.74, 6) is -3.78. The van der Waals surface area contributed by atoms with E-state index in [-0.39, 0.29) is 135 Å². The van der Waals surface area contributed by atoms with Crippen molar-refractivity contribution >= 4 is 99.6 Å². The number of fused-ring (bicyclic) bond motifs is 1. The molecule has 0 heterocycles. The summed E-state index contributed by atoms with van der Waals surface area (Å²) in [7, 11) is -29.2. The van der Waals surface area contributed by atoms with Crippen LogP contribution in [0, 0.1) is 0 Å². The summed E-state index contributed by atoms with van der Waals surface area (Å²) in [5.41, 5.74) is -3.51. The molecule has 0 aliphatic carbocycles. The minimum Gasteiger partial charge on any atom is -0.747 e. The number of hydrogen-bond donors (Lipinski definition) is 2. The Labute approximate surface area is 443 Å². The molecule has 0 aliphatic rings. The molecule has 4 aromatic carbocycles. The van der Waals surface area contributed by atoms with Crippen molar-refractivity contribution in [1.82, 2.24) is 0 Å². The number of phenols is 1. The third-order valence-electron chi connectivity index (χ3n) is 7.27. The van der Waals surface area contributed by atoms with E-state index >= 15 is 0 Å². The number of methoxy groups -OCH3 is 1. The van der Waals surface area contributed by atoms with Gasteiger partial charge in [-0.2, -0.15) is 0 Å². The number of aromatic hydroxyl groups is 1. The standard InChI is InChI=1S/C28H27N5O19S6.4Na/c1-3-53(35,36)16-5-9-23(51-2)22(12-16)31-33-27-25(57(45,46)47)14-19-18(28(27)34)6-8-21(29-15-55(39,40)41)26(19)32-30-20-7-4-17(13-24(20)56(42,43)44)54(37,38)11-10-52-58(48,49)50;;;;/h3-9,12-14,29,34H,1,10-11,15H2,2H3,(H,39,40,41)(H,42,43,44)(H,45,46,47)(H,48,49,50);;;;/q;4*+1/p-4. The monoisotopic (exact) mass is 1020 g/mol. The summed E-state index contributed by atoms with van der Waals surface area (Å²) in [6.07, 6.45) is 0. The molecule has 314 valence electrons. The van der Waals surface area contributed by atoms with Crippen molar-refractivity contribution in [2.24, 2.45) is 20.5 Å². The number of anilines is 1. The molecule has 4 aromatic rings. The van der Waals surface area contributed by atoms with E-state index in [1.54, 1.807) is 0 Å². The van der Waals surface area contributed by atoms with Gasteiger partial charge < -0.3 is 33.4 Å². The summed E-state index contributed by atoms with van der Waals surface area (Å²) in [5, 5.41) is 27.8. The molecule has 24 nitrogen and oxygen atoms in total. The second-order valence-corrected chi connectivity index (χ2v) is 20.2. The average Bonchev–Trinajstić information content (AvgIpc) is 3.10. The largest absolute Gasteiger partial charge is 1.00 e. The van der Waals surface area contributed by atoms with Crippen LogP contribution in [0.15, 0.2) is 107 Å². The van der Waals surface area contributed by atoms with E-state index in [4.69, 9.17) is 4.74 Å². The number of phenolic OH excluding ortho intramolecular Hbond substituents is 1. The zero-order valence-corrected chi connectivity index (χ0v) is 45.5. The number of benzene rings is 4. The fourth-order valence-electron chi connectivity index (χ4n) is 4.67. The van der Waals surface area contributed by atoms with Crippen molar-refractivity contribution in [3.63, 3.8) is 0 Å². The van der Waals surface area contributed by atoms with Crippen LogP contribution < -0.4 is 128 Å². The van der Waals surface area contributed by atoms with E-state index in [9.17, 15) is 73.8 Å². The molecule has 0 amide bonds. The molecule has 0 saturated heterocycles. The van der Waals surface area contributed by atoms with Gasteiger partial charge in [0.1, 0.15) is 64.7 Å². The minimum atomic E-state index is -5.67. The Morgan fingerprint density at radius 2 is 1.24 bits per heavy atom. The Morgan fingerprint density at radius 1 is 0.677 bits per heavy atom. The summed E-state index contributed by atoms with van der Waals surface area (Å²) in [6.45, 7) is 2.01. The van der Waals surface area contributed by atoms with Crippen molar-refractivity contribution in [1.29, 1.82) is 0 Å². The van der Waals surface area contributed by atoms with Gasteiger partial charge in [-0.3, -0.25) is 4.18 Å². The number of azo groups is 2. The first-order chi connectivity index (χ1) is 26.6. The Morgan fingerprint density at radius 3 is 1.77 bits per heavy atom. The van der Waals surface area contributed by atoms with Crippen LogP contribution in [0.25, 0.3) is 10.8 Å². The van der Waals surface area contributed by atoms with Gasteiger partial charge in [0.25, 0.3) is 0 Å². The SMILES string of the molecule is C=CS(=O)(=O)c1ccc(OC)c(N=Nc2c(S(=O)(=O)[O-])cc3c(N=Nc4ccc(S(=O)(=O)CCOS(=O)(=O)[O-])cc4S(=O)(=O)[O-])c(NCS(=O)(=O)[O-])ccc3c2O)c1.[Na+].[Na+].[Na+].[Na+]. The molecule has 0 atom stereocenters. The van der Waals surface area contributed by atoms with Crippen molar-refractivity contribution in [2.45, 2.75) is 19.6 Å². The number of nitrogens with one attached hydrogen (secondary N) is 1. The van der Waals surface area contributed by atoms with Crippen molar-refractivity contribution in [3.05, 3.63) is 66.6 Å². The maximum Gasteiger partial charge on any atom is 1.00 e. The van der Waals surface area contributed by atoms with Crippen LogP contribution in [0.4, 0.5) is 28.4 Å². The molecule has 34 heteroatoms. The topological polar surface area (TPSA) is 397 Å². The first-order valence-electron chi connectivity index (χ1n) is 14.9. The van der Waals surface area contributed by atoms with Gasteiger partial charge in [-0.15, -0.1) is 20.5 Å². The Hall–Kier alpha value is -1.02. The summed E-state index contributed by atoms with van der Waals surface area (Å²) >= 11 is 0. The molecule has 2 N–H and O–H groups in total. The smallest absolute Gasteiger partial charge is 0.747 e. The molecule has 0 unspecified atom stereocenters. The van der Waals surface area contributed by atoms with Crippen molar-refractivity contribution in [2.75, 3.05) is 30.7 Å². The summed E-state index contributed by atoms with van der Waals surface area (Å²) in [6, 6.07) is 7.29. The molecule has 0 aromatic heterocycles. The fraction of sp³-hybridized carbons (Fsp3) is 0.143. The van der Waals surface area contributed by atoms with Crippen LogP contribution in [-0.2, 0) is 64.6 Å². The molecule has 0 spiro atoms. The van der Waals surface area contributed by atoms with Crippen LogP contribution in [-0.4, -0.2) is 99.2 Å². The van der Waals surface area contributed by atoms with E-state index in [1.165, 1.54) is 0 Å². The number of ether oxygens (including phenoxy) is 1. The number of hydrogen-bond acceptors (Lipinski definition) is 24. The van der Waals surface area contributed by atoms with Crippen LogP contribution in [0.2, 0.25) is 0 Å². The zero-order chi connectivity index (χ0) is 43.6. The third-order valence-corrected chi connectivity index (χ3v) is 13.0. The normalized spacial score (nSPS) is 12.5. The Bertz CT molecular complexity index is 3100. The molecule has 0 aliphatic heterocycles. The Balaban J connectivity index is 0.00000930. The van der Waals surface area contributed by atoms with E-state index < -0.39 is 133 Å². The molecule has 0 radical (unpaired) electrons. The summed E-state index contributed by atoms with van der Waals surface area (Å²) < 4.78 is 200. The van der Waals surface area contributed by atoms with Crippen LogP contribution >= 0.6 is 0 Å². The summed E-state index contributed by atoms with van der Waals surface area (Å²) in [4.78, 5) is -3.95. The Kier molecular flexibility index (Phi) is 23.2. The maximum atomic E-state index is 12.7. The van der Waals surface area contributed by atoms with E-state index in [0.29, 0.717) is 29.7 Å². The van der Waals surface area contributed by atoms with Crippen molar-refractivity contribution < 1.29 is 201 Å². The number of rotatable bonds is 17. The number of nitrogens with zero attached hydrogens (tertiary/aromatic N) is 4. The quantitative estimate of drug-likeness (QED) is 0.0429. The second-order valence-electron chi connectivity index (χ2n) is 11.0. The van der Waals surface area contributed by atoms with Gasteiger partial charge in [-0.1, -0.05) is 6.58 Å². The predicted molar refractivity (Wildman–Crippen MR) is 193 cm³/mol. The maximum absolute atomic E-state index is 12.7. The molecule has 0 saturated carbocycles. The van der Waals surface area contributed by atoms with E-state index in [1.807, 2.05) is 0 Å². The van der Waals surface area contributed by atoms with Gasteiger partial charge in [-0.25, -0.2) is 50.5 Å². The predicted octanol–water partition coefficient (Wildman–Crippen LogP) is -9.71. The van der Waals surface area contributed by atoms with Gasteiger partial charge in [0.2, 0.25) is 10.4 Å².